The predicted molar refractivity (Wildman–Crippen MR) is 87.8 cm³/mol. The van der Waals surface area contributed by atoms with Gasteiger partial charge in [0.25, 0.3) is 5.91 Å². The van der Waals surface area contributed by atoms with Crippen molar-refractivity contribution in [3.05, 3.63) is 46.7 Å². The van der Waals surface area contributed by atoms with E-state index in [0.717, 1.165) is 5.56 Å². The molecule has 0 aliphatic heterocycles. The lowest BCUT2D eigenvalue weighted by Gasteiger charge is -2.04. The summed E-state index contributed by atoms with van der Waals surface area (Å²) in [6.45, 7) is 4.19. The van der Waals surface area contributed by atoms with Crippen molar-refractivity contribution in [2.24, 2.45) is 5.92 Å². The minimum absolute atomic E-state index is 0.118. The number of halogens is 1. The Labute approximate surface area is 137 Å². The molecule has 2 rings (SSSR count). The van der Waals surface area contributed by atoms with Crippen molar-refractivity contribution in [2.75, 3.05) is 5.32 Å². The van der Waals surface area contributed by atoms with Gasteiger partial charge in [-0.05, 0) is 23.6 Å². The zero-order valence-corrected chi connectivity index (χ0v) is 13.7. The highest BCUT2D eigenvalue weighted by atomic mass is 32.1. The summed E-state index contributed by atoms with van der Waals surface area (Å²) in [6, 6.07) is 5.89. The molecule has 2 N–H and O–H groups in total. The Balaban J connectivity index is 1.88. The monoisotopic (exact) mass is 335 g/mol. The van der Waals surface area contributed by atoms with Gasteiger partial charge < -0.3 is 10.6 Å². The van der Waals surface area contributed by atoms with Crippen LogP contribution >= 0.6 is 11.3 Å². The molecule has 0 saturated heterocycles. The number of thiazole rings is 1. The number of hydrogen-bond acceptors (Lipinski definition) is 4. The molecular formula is C16H18FN3O2S. The highest BCUT2D eigenvalue weighted by molar-refractivity contribution is 7.14. The number of anilines is 1. The number of amides is 2. The number of nitrogens with zero attached hydrogens (tertiary/aromatic N) is 1. The van der Waals surface area contributed by atoms with Crippen LogP contribution in [0.3, 0.4) is 0 Å². The zero-order valence-electron chi connectivity index (χ0n) is 12.9. The quantitative estimate of drug-likeness (QED) is 0.851. The number of nitrogens with one attached hydrogen (secondary N) is 2. The van der Waals surface area contributed by atoms with Gasteiger partial charge in [0.1, 0.15) is 11.5 Å². The van der Waals surface area contributed by atoms with Crippen molar-refractivity contribution < 1.29 is 14.0 Å². The van der Waals surface area contributed by atoms with Crippen molar-refractivity contribution >= 4 is 28.3 Å². The molecule has 0 fully saturated rings. The standard InChI is InChI=1S/C16H18FN3O2S/c1-10(2)7-14(21)20-16-19-13(9-23-16)15(22)18-8-11-3-5-12(17)6-4-11/h3-6,9-10H,7-8H2,1-2H3,(H,18,22)(H,19,20,21). The molecule has 0 aliphatic rings. The molecule has 5 nitrogen and oxygen atoms in total. The maximum absolute atomic E-state index is 12.8. The topological polar surface area (TPSA) is 71.1 Å². The summed E-state index contributed by atoms with van der Waals surface area (Å²) >= 11 is 1.20. The van der Waals surface area contributed by atoms with Gasteiger partial charge in [0.05, 0.1) is 0 Å². The van der Waals surface area contributed by atoms with Crippen molar-refractivity contribution in [1.82, 2.24) is 10.3 Å². The van der Waals surface area contributed by atoms with Gasteiger partial charge >= 0.3 is 0 Å². The van der Waals surface area contributed by atoms with Crippen LogP contribution in [0.5, 0.6) is 0 Å². The smallest absolute Gasteiger partial charge is 0.271 e. The van der Waals surface area contributed by atoms with Gasteiger partial charge in [0.2, 0.25) is 5.91 Å². The van der Waals surface area contributed by atoms with Crippen LogP contribution in [-0.4, -0.2) is 16.8 Å². The average molecular weight is 335 g/mol. The molecule has 1 aromatic heterocycles. The third kappa shape index (κ3) is 5.45. The molecule has 0 atom stereocenters. The maximum atomic E-state index is 12.8. The van der Waals surface area contributed by atoms with Gasteiger partial charge in [-0.1, -0.05) is 26.0 Å². The Morgan fingerprint density at radius 1 is 1.26 bits per heavy atom. The summed E-state index contributed by atoms with van der Waals surface area (Å²) in [7, 11) is 0. The fourth-order valence-corrected chi connectivity index (χ4v) is 2.56. The van der Waals surface area contributed by atoms with E-state index in [9.17, 15) is 14.0 Å². The van der Waals surface area contributed by atoms with Crippen molar-refractivity contribution in [3.8, 4) is 0 Å². The summed E-state index contributed by atoms with van der Waals surface area (Å²) in [5.41, 5.74) is 1.04. The van der Waals surface area contributed by atoms with E-state index in [1.807, 2.05) is 13.8 Å². The van der Waals surface area contributed by atoms with Crippen LogP contribution in [0.4, 0.5) is 9.52 Å². The molecule has 2 aromatic rings. The van der Waals surface area contributed by atoms with Gasteiger partial charge in [-0.2, -0.15) is 0 Å². The minimum Gasteiger partial charge on any atom is -0.347 e. The van der Waals surface area contributed by atoms with Gasteiger partial charge in [-0.15, -0.1) is 11.3 Å². The summed E-state index contributed by atoms with van der Waals surface area (Å²) in [5.74, 6) is -0.516. The van der Waals surface area contributed by atoms with E-state index >= 15 is 0 Å². The van der Waals surface area contributed by atoms with E-state index in [1.165, 1.54) is 23.5 Å². The maximum Gasteiger partial charge on any atom is 0.271 e. The molecule has 0 unspecified atom stereocenters. The van der Waals surface area contributed by atoms with Crippen LogP contribution in [0, 0.1) is 11.7 Å². The van der Waals surface area contributed by atoms with E-state index in [4.69, 9.17) is 0 Å². The summed E-state index contributed by atoms with van der Waals surface area (Å²) < 4.78 is 12.8. The molecule has 1 aromatic carbocycles. The second-order valence-corrected chi connectivity index (χ2v) is 6.35. The van der Waals surface area contributed by atoms with Crippen LogP contribution in [0.1, 0.15) is 36.3 Å². The lowest BCUT2D eigenvalue weighted by Crippen LogP contribution is -2.23. The molecule has 2 amide bonds. The van der Waals surface area contributed by atoms with Gasteiger partial charge in [0, 0.05) is 18.3 Å². The molecule has 0 aliphatic carbocycles. The fraction of sp³-hybridized carbons (Fsp3) is 0.312. The summed E-state index contributed by atoms with van der Waals surface area (Å²) in [4.78, 5) is 27.8. The first kappa shape index (κ1) is 17.1. The van der Waals surface area contributed by atoms with E-state index in [2.05, 4.69) is 15.6 Å². The number of benzene rings is 1. The van der Waals surface area contributed by atoms with Crippen LogP contribution in [0.25, 0.3) is 0 Å². The largest absolute Gasteiger partial charge is 0.347 e. The average Bonchev–Trinajstić information content (AvgIpc) is 2.94. The molecular weight excluding hydrogens is 317 g/mol. The van der Waals surface area contributed by atoms with Gasteiger partial charge in [0.15, 0.2) is 5.13 Å². The second kappa shape index (κ2) is 7.82. The molecule has 0 spiro atoms. The number of rotatable bonds is 6. The van der Waals surface area contributed by atoms with Crippen LogP contribution in [-0.2, 0) is 11.3 Å². The summed E-state index contributed by atoms with van der Waals surface area (Å²) in [6.07, 6.45) is 0.408. The van der Waals surface area contributed by atoms with Crippen molar-refractivity contribution in [2.45, 2.75) is 26.8 Å². The second-order valence-electron chi connectivity index (χ2n) is 5.49. The van der Waals surface area contributed by atoms with E-state index in [1.54, 1.807) is 17.5 Å². The first-order valence-corrected chi connectivity index (χ1v) is 8.10. The van der Waals surface area contributed by atoms with Crippen LogP contribution < -0.4 is 10.6 Å². The number of aromatic nitrogens is 1. The van der Waals surface area contributed by atoms with E-state index in [0.29, 0.717) is 11.6 Å². The zero-order chi connectivity index (χ0) is 16.8. The molecule has 23 heavy (non-hydrogen) atoms. The summed E-state index contributed by atoms with van der Waals surface area (Å²) in [5, 5.41) is 7.37. The lowest BCUT2D eigenvalue weighted by molar-refractivity contribution is -0.116. The number of hydrogen-bond donors (Lipinski definition) is 2. The highest BCUT2D eigenvalue weighted by Gasteiger charge is 2.13. The molecule has 0 saturated carbocycles. The Kier molecular flexibility index (Phi) is 5.81. The first-order chi connectivity index (χ1) is 10.9. The molecule has 0 bridgehead atoms. The Bertz CT molecular complexity index is 683. The van der Waals surface area contributed by atoms with E-state index in [-0.39, 0.29) is 35.8 Å². The third-order valence-corrected chi connectivity index (χ3v) is 3.70. The lowest BCUT2D eigenvalue weighted by atomic mass is 10.1. The van der Waals surface area contributed by atoms with Crippen LogP contribution in [0.2, 0.25) is 0 Å². The van der Waals surface area contributed by atoms with Crippen molar-refractivity contribution in [3.63, 3.8) is 0 Å². The minimum atomic E-state index is -0.338. The Morgan fingerprint density at radius 3 is 2.61 bits per heavy atom. The molecule has 122 valence electrons. The van der Waals surface area contributed by atoms with Crippen LogP contribution in [0.15, 0.2) is 29.6 Å². The normalized spacial score (nSPS) is 10.6. The number of carbonyl (C=O) groups excluding carboxylic acids is 2. The van der Waals surface area contributed by atoms with Gasteiger partial charge in [-0.25, -0.2) is 9.37 Å². The third-order valence-electron chi connectivity index (χ3n) is 2.94. The predicted octanol–water partition coefficient (Wildman–Crippen LogP) is 3.20. The Hall–Kier alpha value is -2.28. The Morgan fingerprint density at radius 2 is 1.96 bits per heavy atom. The van der Waals surface area contributed by atoms with E-state index < -0.39 is 0 Å². The SMILES string of the molecule is CC(C)CC(=O)Nc1nc(C(=O)NCc2ccc(F)cc2)cs1. The molecule has 0 radical (unpaired) electrons. The van der Waals surface area contributed by atoms with Crippen molar-refractivity contribution in [1.29, 1.82) is 0 Å². The molecule has 7 heteroatoms. The molecule has 1 heterocycles. The fourth-order valence-electron chi connectivity index (χ4n) is 1.85. The highest BCUT2D eigenvalue weighted by Crippen LogP contribution is 2.16. The van der Waals surface area contributed by atoms with Gasteiger partial charge in [-0.3, -0.25) is 9.59 Å². The first-order valence-electron chi connectivity index (χ1n) is 7.22. The number of carbonyl (C=O) groups is 2.